The van der Waals surface area contributed by atoms with Crippen LogP contribution in [0.2, 0.25) is 0 Å². The summed E-state index contributed by atoms with van der Waals surface area (Å²) in [5.74, 6) is 1.85. The first kappa shape index (κ1) is 21.8. The number of carbonyl (C=O) groups is 1. The van der Waals surface area contributed by atoms with Gasteiger partial charge in [0.15, 0.2) is 17.0 Å². The number of ether oxygens (including phenoxy) is 2. The number of hydrogen-bond donors (Lipinski definition) is 2. The Bertz CT molecular complexity index is 1350. The molecule has 174 valence electrons. The van der Waals surface area contributed by atoms with Crippen LogP contribution in [0.5, 0.6) is 11.5 Å². The number of carbonyl (C=O) groups excluding carboxylic acids is 1. The number of nitrogen functional groups attached to an aromatic ring is 1. The predicted octanol–water partition coefficient (Wildman–Crippen LogP) is 2.64. The van der Waals surface area contributed by atoms with E-state index >= 15 is 0 Å². The Balaban J connectivity index is 1.71. The van der Waals surface area contributed by atoms with Crippen LogP contribution >= 0.6 is 0 Å². The Hall–Kier alpha value is -4.02. The number of quaternary nitrogens is 1. The average molecular weight is 462 g/mol. The van der Waals surface area contributed by atoms with Gasteiger partial charge in [0.05, 0.1) is 26.2 Å². The summed E-state index contributed by atoms with van der Waals surface area (Å²) in [7, 11) is 3.18. The second-order valence-electron chi connectivity index (χ2n) is 7.99. The first-order chi connectivity index (χ1) is 16.6. The lowest BCUT2D eigenvalue weighted by Crippen LogP contribution is -2.63. The van der Waals surface area contributed by atoms with Gasteiger partial charge in [-0.1, -0.05) is 0 Å². The van der Waals surface area contributed by atoms with Crippen LogP contribution in [0.3, 0.4) is 0 Å². The third kappa shape index (κ3) is 3.62. The van der Waals surface area contributed by atoms with E-state index < -0.39 is 0 Å². The van der Waals surface area contributed by atoms with Crippen molar-refractivity contribution in [3.8, 4) is 22.8 Å². The number of piperazine rings is 1. The molecule has 3 N–H and O–H groups in total. The topological polar surface area (TPSA) is 125 Å². The molecule has 0 radical (unpaired) electrons. The number of amides is 1. The second-order valence-corrected chi connectivity index (χ2v) is 7.99. The van der Waals surface area contributed by atoms with Crippen molar-refractivity contribution in [1.82, 2.24) is 24.8 Å². The zero-order chi connectivity index (χ0) is 23.7. The van der Waals surface area contributed by atoms with Gasteiger partial charge < -0.3 is 24.9 Å². The molecule has 1 amide bonds. The van der Waals surface area contributed by atoms with Crippen molar-refractivity contribution in [2.75, 3.05) is 46.1 Å². The van der Waals surface area contributed by atoms with Crippen molar-refractivity contribution in [3.05, 3.63) is 54.5 Å². The van der Waals surface area contributed by atoms with Crippen LogP contribution < -0.4 is 25.0 Å². The number of hydrogen-bond acceptors (Lipinski definition) is 9. The SMILES string of the molecule is COc1ccc(-c2ccc3nc(N)nc([N+]4(C(=O)c5ccco5)CCNCC4)c3n2)cc1OC. The summed E-state index contributed by atoms with van der Waals surface area (Å²) in [6.45, 7) is 2.22. The fraction of sp³-hybridized carbons (Fsp3) is 0.250. The lowest BCUT2D eigenvalue weighted by molar-refractivity contribution is 0.0707. The molecular formula is C24H25N6O4+. The summed E-state index contributed by atoms with van der Waals surface area (Å²) in [4.78, 5) is 27.6. The monoisotopic (exact) mass is 461 g/mol. The molecule has 3 aromatic heterocycles. The zero-order valence-electron chi connectivity index (χ0n) is 18.9. The highest BCUT2D eigenvalue weighted by Gasteiger charge is 2.46. The van der Waals surface area contributed by atoms with Crippen LogP contribution in [0, 0.1) is 0 Å². The molecule has 1 fully saturated rings. The predicted molar refractivity (Wildman–Crippen MR) is 128 cm³/mol. The third-order valence-electron chi connectivity index (χ3n) is 6.09. The number of aromatic nitrogens is 3. The molecule has 0 aliphatic carbocycles. The Morgan fingerprint density at radius 1 is 1.03 bits per heavy atom. The average Bonchev–Trinajstić information content (AvgIpc) is 3.42. The van der Waals surface area contributed by atoms with Crippen LogP contribution in [0.1, 0.15) is 10.6 Å². The van der Waals surface area contributed by atoms with Gasteiger partial charge in [0.25, 0.3) is 5.82 Å². The van der Waals surface area contributed by atoms with Gasteiger partial charge in [-0.15, -0.1) is 0 Å². The van der Waals surface area contributed by atoms with Gasteiger partial charge in [-0.2, -0.15) is 4.98 Å². The number of nitrogens with two attached hydrogens (primary N) is 1. The summed E-state index contributed by atoms with van der Waals surface area (Å²) < 4.78 is 16.2. The van der Waals surface area contributed by atoms with E-state index in [1.807, 2.05) is 30.3 Å². The number of rotatable bonds is 5. The van der Waals surface area contributed by atoms with Crippen molar-refractivity contribution in [2.45, 2.75) is 0 Å². The molecule has 4 aromatic rings. The molecule has 0 bridgehead atoms. The first-order valence-corrected chi connectivity index (χ1v) is 10.9. The van der Waals surface area contributed by atoms with Gasteiger partial charge in [0.1, 0.15) is 18.6 Å². The number of pyridine rings is 1. The molecule has 4 heterocycles. The number of anilines is 1. The molecule has 0 atom stereocenters. The fourth-order valence-electron chi connectivity index (χ4n) is 4.37. The molecule has 1 aromatic carbocycles. The van der Waals surface area contributed by atoms with Crippen molar-refractivity contribution in [3.63, 3.8) is 0 Å². The second kappa shape index (κ2) is 8.73. The van der Waals surface area contributed by atoms with E-state index in [-0.39, 0.29) is 22.1 Å². The fourth-order valence-corrected chi connectivity index (χ4v) is 4.37. The Morgan fingerprint density at radius 2 is 1.82 bits per heavy atom. The number of benzene rings is 1. The van der Waals surface area contributed by atoms with Gasteiger partial charge in [0, 0.05) is 18.7 Å². The van der Waals surface area contributed by atoms with E-state index in [0.717, 1.165) is 5.56 Å². The van der Waals surface area contributed by atoms with E-state index in [1.54, 1.807) is 26.4 Å². The van der Waals surface area contributed by atoms with E-state index in [0.29, 0.717) is 60.2 Å². The number of fused-ring (bicyclic) bond motifs is 1. The minimum Gasteiger partial charge on any atom is -0.493 e. The normalized spacial score (nSPS) is 15.2. The van der Waals surface area contributed by atoms with Crippen LogP contribution in [-0.4, -0.2) is 61.3 Å². The van der Waals surface area contributed by atoms with Crippen molar-refractivity contribution >= 4 is 28.7 Å². The summed E-state index contributed by atoms with van der Waals surface area (Å²) in [6.07, 6.45) is 1.49. The molecule has 10 nitrogen and oxygen atoms in total. The smallest absolute Gasteiger partial charge is 0.387 e. The van der Waals surface area contributed by atoms with E-state index in [9.17, 15) is 4.79 Å². The molecule has 0 saturated carbocycles. The molecule has 0 spiro atoms. The van der Waals surface area contributed by atoms with Crippen molar-refractivity contribution < 1.29 is 18.7 Å². The molecule has 10 heteroatoms. The zero-order valence-corrected chi connectivity index (χ0v) is 18.9. The largest absolute Gasteiger partial charge is 0.493 e. The summed E-state index contributed by atoms with van der Waals surface area (Å²) in [6, 6.07) is 12.6. The van der Waals surface area contributed by atoms with Gasteiger partial charge in [-0.05, 0) is 42.5 Å². The van der Waals surface area contributed by atoms with E-state index in [4.69, 9.17) is 24.6 Å². The minimum absolute atomic E-state index is 0.0634. The summed E-state index contributed by atoms with van der Waals surface area (Å²) in [5.41, 5.74) is 8.68. The maximum absolute atomic E-state index is 13.7. The number of furan rings is 1. The summed E-state index contributed by atoms with van der Waals surface area (Å²) in [5, 5.41) is 3.31. The minimum atomic E-state index is -0.191. The molecule has 0 unspecified atom stereocenters. The molecule has 1 aliphatic rings. The van der Waals surface area contributed by atoms with Crippen LogP contribution in [0.4, 0.5) is 11.8 Å². The van der Waals surface area contributed by atoms with Gasteiger partial charge >= 0.3 is 5.91 Å². The van der Waals surface area contributed by atoms with Gasteiger partial charge in [-0.25, -0.2) is 19.2 Å². The van der Waals surface area contributed by atoms with Crippen LogP contribution in [0.25, 0.3) is 22.3 Å². The Morgan fingerprint density at radius 3 is 2.53 bits per heavy atom. The molecule has 34 heavy (non-hydrogen) atoms. The van der Waals surface area contributed by atoms with Crippen molar-refractivity contribution in [1.29, 1.82) is 0 Å². The highest BCUT2D eigenvalue weighted by Crippen LogP contribution is 2.35. The number of nitrogens with one attached hydrogen (secondary N) is 1. The molecule has 5 rings (SSSR count). The van der Waals surface area contributed by atoms with Gasteiger partial charge in [-0.3, -0.25) is 0 Å². The van der Waals surface area contributed by atoms with E-state index in [2.05, 4.69) is 15.3 Å². The number of methoxy groups -OCH3 is 2. The van der Waals surface area contributed by atoms with Crippen LogP contribution in [-0.2, 0) is 0 Å². The first-order valence-electron chi connectivity index (χ1n) is 10.9. The Kier molecular flexibility index (Phi) is 5.60. The standard InChI is InChI=1S/C24H25N6O4/c1-32-18-8-5-15(14-20(18)33-2)16-6-7-17-21(27-16)22(29-24(25)28-17)30(11-9-26-10-12-30)23(31)19-4-3-13-34-19/h3-8,13-14,26H,9-12H2,1-2H3,(H2,25,28,29)/q+1. The highest BCUT2D eigenvalue weighted by atomic mass is 16.5. The quantitative estimate of drug-likeness (QED) is 0.431. The maximum Gasteiger partial charge on any atom is 0.387 e. The van der Waals surface area contributed by atoms with Crippen molar-refractivity contribution in [2.24, 2.45) is 0 Å². The number of nitrogens with zero attached hydrogens (tertiary/aromatic N) is 4. The molecule has 1 saturated heterocycles. The Labute approximate surface area is 195 Å². The third-order valence-corrected chi connectivity index (χ3v) is 6.09. The van der Waals surface area contributed by atoms with E-state index in [1.165, 1.54) is 6.26 Å². The highest BCUT2D eigenvalue weighted by molar-refractivity contribution is 6.04. The molecular weight excluding hydrogens is 436 g/mol. The lowest BCUT2D eigenvalue weighted by atomic mass is 10.1. The van der Waals surface area contributed by atoms with Crippen LogP contribution in [0.15, 0.2) is 53.1 Å². The summed E-state index contributed by atoms with van der Waals surface area (Å²) >= 11 is 0. The van der Waals surface area contributed by atoms with Gasteiger partial charge in [0.2, 0.25) is 11.7 Å². The maximum atomic E-state index is 13.7. The molecule has 1 aliphatic heterocycles. The lowest BCUT2D eigenvalue weighted by Gasteiger charge is -2.37.